The van der Waals surface area contributed by atoms with Crippen LogP contribution >= 0.6 is 0 Å². The second-order valence-electron chi connectivity index (χ2n) is 5.23. The van der Waals surface area contributed by atoms with E-state index >= 15 is 0 Å². The zero-order valence-corrected chi connectivity index (χ0v) is 11.6. The monoisotopic (exact) mass is 234 g/mol. The van der Waals surface area contributed by atoms with Crippen LogP contribution in [-0.2, 0) is 0 Å². The number of rotatable bonds is 6. The Balaban J connectivity index is 2.88. The van der Waals surface area contributed by atoms with Crippen LogP contribution < -0.4 is 11.1 Å². The largest absolute Gasteiger partial charge is 0.385 e. The first-order valence-electron chi connectivity index (χ1n) is 6.64. The fourth-order valence-electron chi connectivity index (χ4n) is 1.90. The minimum absolute atomic E-state index is 0.550. The van der Waals surface area contributed by atoms with E-state index in [-0.39, 0.29) is 0 Å². The molecule has 0 bridgehead atoms. The Bertz CT molecular complexity index is 343. The molecule has 1 aromatic carbocycles. The highest BCUT2D eigenvalue weighted by atomic mass is 14.9. The van der Waals surface area contributed by atoms with Crippen molar-refractivity contribution in [2.75, 3.05) is 18.4 Å². The van der Waals surface area contributed by atoms with Crippen molar-refractivity contribution in [2.45, 2.75) is 46.0 Å². The van der Waals surface area contributed by atoms with Gasteiger partial charge in [0.05, 0.1) is 0 Å². The Hall–Kier alpha value is -1.02. The Morgan fingerprint density at radius 2 is 1.82 bits per heavy atom. The van der Waals surface area contributed by atoms with Crippen LogP contribution in [0, 0.1) is 0 Å². The van der Waals surface area contributed by atoms with Gasteiger partial charge in [0.2, 0.25) is 0 Å². The molecule has 0 unspecified atom stereocenters. The summed E-state index contributed by atoms with van der Waals surface area (Å²) < 4.78 is 0. The van der Waals surface area contributed by atoms with Crippen molar-refractivity contribution >= 4 is 5.69 Å². The summed E-state index contributed by atoms with van der Waals surface area (Å²) in [5.74, 6) is 1.14. The van der Waals surface area contributed by atoms with E-state index in [4.69, 9.17) is 5.73 Å². The summed E-state index contributed by atoms with van der Waals surface area (Å²) in [5.41, 5.74) is 9.60. The summed E-state index contributed by atoms with van der Waals surface area (Å²) in [6, 6.07) is 6.77. The zero-order chi connectivity index (χ0) is 12.8. The van der Waals surface area contributed by atoms with Crippen LogP contribution in [0.3, 0.4) is 0 Å². The third-order valence-corrected chi connectivity index (χ3v) is 3.06. The van der Waals surface area contributed by atoms with Crippen molar-refractivity contribution in [3.63, 3.8) is 0 Å². The minimum atomic E-state index is 0.550. The van der Waals surface area contributed by atoms with Crippen LogP contribution in [0.15, 0.2) is 18.2 Å². The topological polar surface area (TPSA) is 38.0 Å². The average Bonchev–Trinajstić information content (AvgIpc) is 2.29. The van der Waals surface area contributed by atoms with E-state index in [0.717, 1.165) is 19.5 Å². The van der Waals surface area contributed by atoms with Crippen LogP contribution in [-0.4, -0.2) is 13.1 Å². The van der Waals surface area contributed by atoms with Crippen molar-refractivity contribution < 1.29 is 0 Å². The highest BCUT2D eigenvalue weighted by Gasteiger charge is 2.09. The molecule has 0 saturated heterocycles. The van der Waals surface area contributed by atoms with Gasteiger partial charge in [-0.3, -0.25) is 0 Å². The van der Waals surface area contributed by atoms with E-state index in [0.29, 0.717) is 11.8 Å². The molecule has 0 aliphatic heterocycles. The Morgan fingerprint density at radius 1 is 1.12 bits per heavy atom. The molecule has 2 nitrogen and oxygen atoms in total. The van der Waals surface area contributed by atoms with E-state index in [1.165, 1.54) is 16.8 Å². The van der Waals surface area contributed by atoms with Crippen molar-refractivity contribution in [1.82, 2.24) is 0 Å². The third-order valence-electron chi connectivity index (χ3n) is 3.06. The number of hydrogen-bond acceptors (Lipinski definition) is 2. The standard InChI is InChI=1S/C15H26N2/c1-11(2)13-6-7-15(17-9-5-8-16)14(10-13)12(3)4/h6-7,10-12,17H,5,8-9,16H2,1-4H3. The summed E-state index contributed by atoms with van der Waals surface area (Å²) >= 11 is 0. The number of anilines is 1. The highest BCUT2D eigenvalue weighted by molar-refractivity contribution is 5.54. The number of benzene rings is 1. The molecule has 0 aliphatic rings. The molecule has 0 saturated carbocycles. The van der Waals surface area contributed by atoms with Gasteiger partial charge in [0.25, 0.3) is 0 Å². The predicted molar refractivity (Wildman–Crippen MR) is 76.8 cm³/mol. The molecular weight excluding hydrogens is 208 g/mol. The molecule has 96 valence electrons. The van der Waals surface area contributed by atoms with Crippen LogP contribution in [0.4, 0.5) is 5.69 Å². The van der Waals surface area contributed by atoms with Gasteiger partial charge in [-0.1, -0.05) is 39.8 Å². The van der Waals surface area contributed by atoms with E-state index in [1.54, 1.807) is 0 Å². The first-order valence-corrected chi connectivity index (χ1v) is 6.64. The van der Waals surface area contributed by atoms with Gasteiger partial charge < -0.3 is 11.1 Å². The molecule has 0 aromatic heterocycles. The molecule has 0 fully saturated rings. The smallest absolute Gasteiger partial charge is 0.0375 e. The zero-order valence-electron chi connectivity index (χ0n) is 11.6. The maximum atomic E-state index is 5.51. The summed E-state index contributed by atoms with van der Waals surface area (Å²) in [5, 5.41) is 3.48. The van der Waals surface area contributed by atoms with Crippen LogP contribution in [0.5, 0.6) is 0 Å². The lowest BCUT2D eigenvalue weighted by Crippen LogP contribution is -2.10. The van der Waals surface area contributed by atoms with Gasteiger partial charge in [-0.15, -0.1) is 0 Å². The summed E-state index contributed by atoms with van der Waals surface area (Å²) in [6.07, 6.45) is 1.02. The van der Waals surface area contributed by atoms with Crippen molar-refractivity contribution in [1.29, 1.82) is 0 Å². The maximum absolute atomic E-state index is 5.51. The molecule has 1 aromatic rings. The van der Waals surface area contributed by atoms with Gasteiger partial charge in [-0.25, -0.2) is 0 Å². The molecule has 17 heavy (non-hydrogen) atoms. The lowest BCUT2D eigenvalue weighted by Gasteiger charge is -2.17. The summed E-state index contributed by atoms with van der Waals surface area (Å²) in [7, 11) is 0. The van der Waals surface area contributed by atoms with Crippen LogP contribution in [0.2, 0.25) is 0 Å². The summed E-state index contributed by atoms with van der Waals surface area (Å²) in [6.45, 7) is 10.7. The molecule has 2 heteroatoms. The Labute approximate surface area is 106 Å². The summed E-state index contributed by atoms with van der Waals surface area (Å²) in [4.78, 5) is 0. The van der Waals surface area contributed by atoms with Gasteiger partial charge in [-0.2, -0.15) is 0 Å². The minimum Gasteiger partial charge on any atom is -0.385 e. The normalized spacial score (nSPS) is 11.2. The van der Waals surface area contributed by atoms with Crippen molar-refractivity contribution in [3.8, 4) is 0 Å². The van der Waals surface area contributed by atoms with Crippen LogP contribution in [0.1, 0.15) is 57.1 Å². The second kappa shape index (κ2) is 6.65. The first kappa shape index (κ1) is 14.0. The molecule has 0 spiro atoms. The van der Waals surface area contributed by atoms with Gasteiger partial charge >= 0.3 is 0 Å². The number of hydrogen-bond donors (Lipinski definition) is 2. The van der Waals surface area contributed by atoms with Crippen molar-refractivity contribution in [2.24, 2.45) is 5.73 Å². The van der Waals surface area contributed by atoms with Gasteiger partial charge in [0, 0.05) is 12.2 Å². The molecule has 0 atom stereocenters. The van der Waals surface area contributed by atoms with Gasteiger partial charge in [-0.05, 0) is 42.0 Å². The maximum Gasteiger partial charge on any atom is 0.0375 e. The molecule has 0 aliphatic carbocycles. The lowest BCUT2D eigenvalue weighted by molar-refractivity contribution is 0.827. The third kappa shape index (κ3) is 4.04. The van der Waals surface area contributed by atoms with Gasteiger partial charge in [0.15, 0.2) is 0 Å². The molecule has 0 amide bonds. The van der Waals surface area contributed by atoms with E-state index in [9.17, 15) is 0 Å². The highest BCUT2D eigenvalue weighted by Crippen LogP contribution is 2.28. The number of nitrogens with one attached hydrogen (secondary N) is 1. The fourth-order valence-corrected chi connectivity index (χ4v) is 1.90. The second-order valence-corrected chi connectivity index (χ2v) is 5.23. The first-order chi connectivity index (χ1) is 8.06. The van der Waals surface area contributed by atoms with Gasteiger partial charge in [0.1, 0.15) is 0 Å². The Morgan fingerprint density at radius 3 is 2.35 bits per heavy atom. The SMILES string of the molecule is CC(C)c1ccc(NCCCN)c(C(C)C)c1. The molecule has 1 rings (SSSR count). The van der Waals surface area contributed by atoms with E-state index < -0.39 is 0 Å². The van der Waals surface area contributed by atoms with E-state index in [1.807, 2.05) is 0 Å². The molecular formula is C15H26N2. The molecule has 3 N–H and O–H groups in total. The lowest BCUT2D eigenvalue weighted by atomic mass is 9.94. The molecule has 0 heterocycles. The van der Waals surface area contributed by atoms with Crippen LogP contribution in [0.25, 0.3) is 0 Å². The number of nitrogens with two attached hydrogens (primary N) is 1. The quantitative estimate of drug-likeness (QED) is 0.737. The molecule has 0 radical (unpaired) electrons. The fraction of sp³-hybridized carbons (Fsp3) is 0.600. The Kier molecular flexibility index (Phi) is 5.49. The van der Waals surface area contributed by atoms with Crippen molar-refractivity contribution in [3.05, 3.63) is 29.3 Å². The average molecular weight is 234 g/mol. The predicted octanol–water partition coefficient (Wildman–Crippen LogP) is 3.69. The van der Waals surface area contributed by atoms with E-state index in [2.05, 4.69) is 51.2 Å².